The molecule has 0 aliphatic heterocycles. The fourth-order valence-electron chi connectivity index (χ4n) is 3.42. The van der Waals surface area contributed by atoms with Crippen LogP contribution in [0.2, 0.25) is 0 Å². The van der Waals surface area contributed by atoms with Gasteiger partial charge in [-0.25, -0.2) is 23.4 Å². The van der Waals surface area contributed by atoms with Crippen LogP contribution in [-0.2, 0) is 12.1 Å². The van der Waals surface area contributed by atoms with Crippen molar-refractivity contribution < 1.29 is 13.9 Å². The van der Waals surface area contributed by atoms with E-state index in [9.17, 15) is 13.9 Å². The third-order valence-electron chi connectivity index (χ3n) is 5.22. The first-order valence-corrected chi connectivity index (χ1v) is 10.3. The monoisotopic (exact) mass is 436 g/mol. The van der Waals surface area contributed by atoms with Gasteiger partial charge in [0.2, 0.25) is 0 Å². The number of nitrogens with zero attached hydrogens (tertiary/aromatic N) is 4. The van der Waals surface area contributed by atoms with Gasteiger partial charge in [-0.15, -0.1) is 17.8 Å². The van der Waals surface area contributed by atoms with Crippen LogP contribution in [0.5, 0.6) is 0 Å². The molecule has 5 nitrogen and oxygen atoms in total. The molecule has 0 spiro atoms. The number of benzene rings is 2. The summed E-state index contributed by atoms with van der Waals surface area (Å²) in [6.07, 6.45) is 8.16. The summed E-state index contributed by atoms with van der Waals surface area (Å²) in [7, 11) is 0. The number of rotatable bonds is 6. The van der Waals surface area contributed by atoms with Gasteiger partial charge in [0.25, 0.3) is 0 Å². The highest BCUT2D eigenvalue weighted by Gasteiger charge is 2.41. The van der Waals surface area contributed by atoms with Gasteiger partial charge in [-0.05, 0) is 18.2 Å². The minimum absolute atomic E-state index is 0.0352. The van der Waals surface area contributed by atoms with Crippen LogP contribution in [-0.4, -0.2) is 24.9 Å². The molecule has 0 amide bonds. The minimum atomic E-state index is -1.74. The number of terminal acetylenes is 1. The minimum Gasteiger partial charge on any atom is -0.382 e. The second-order valence-electron chi connectivity index (χ2n) is 7.16. The Balaban J connectivity index is 1.73. The van der Waals surface area contributed by atoms with E-state index in [1.54, 1.807) is 6.92 Å². The lowest BCUT2D eigenvalue weighted by Crippen LogP contribution is -2.38. The first-order valence-electron chi connectivity index (χ1n) is 9.43. The van der Waals surface area contributed by atoms with Crippen LogP contribution >= 0.6 is 11.3 Å². The number of hydrogen-bond acceptors (Lipinski definition) is 5. The van der Waals surface area contributed by atoms with E-state index in [1.165, 1.54) is 34.7 Å². The van der Waals surface area contributed by atoms with Crippen LogP contribution in [0.1, 0.15) is 29.0 Å². The van der Waals surface area contributed by atoms with Crippen molar-refractivity contribution in [1.82, 2.24) is 19.7 Å². The van der Waals surface area contributed by atoms with Gasteiger partial charge in [0, 0.05) is 34.1 Å². The van der Waals surface area contributed by atoms with Crippen LogP contribution in [0, 0.1) is 24.0 Å². The zero-order chi connectivity index (χ0) is 22.0. The van der Waals surface area contributed by atoms with Gasteiger partial charge in [0.05, 0.1) is 17.2 Å². The molecule has 0 bridgehead atoms. The van der Waals surface area contributed by atoms with E-state index >= 15 is 0 Å². The van der Waals surface area contributed by atoms with Crippen molar-refractivity contribution in [3.8, 4) is 23.6 Å². The van der Waals surface area contributed by atoms with Gasteiger partial charge in [-0.2, -0.15) is 5.10 Å². The summed E-state index contributed by atoms with van der Waals surface area (Å²) in [6.45, 7) is 1.67. The highest BCUT2D eigenvalue weighted by Crippen LogP contribution is 2.41. The van der Waals surface area contributed by atoms with Crippen LogP contribution in [0.15, 0.2) is 60.5 Å². The predicted molar refractivity (Wildman–Crippen MR) is 114 cm³/mol. The third-order valence-corrected chi connectivity index (χ3v) is 6.25. The molecule has 0 aliphatic rings. The summed E-state index contributed by atoms with van der Waals surface area (Å²) in [4.78, 5) is 8.56. The van der Waals surface area contributed by atoms with Gasteiger partial charge in [0.15, 0.2) is 0 Å². The zero-order valence-electron chi connectivity index (χ0n) is 16.5. The molecule has 0 saturated carbocycles. The first kappa shape index (κ1) is 20.8. The van der Waals surface area contributed by atoms with Crippen LogP contribution in [0.4, 0.5) is 8.78 Å². The maximum absolute atomic E-state index is 14.7. The molecule has 1 N–H and O–H groups in total. The first-order chi connectivity index (χ1) is 14.9. The summed E-state index contributed by atoms with van der Waals surface area (Å²) in [6, 6.07) is 10.5. The largest absolute Gasteiger partial charge is 0.382 e. The number of aliphatic hydroxyl groups is 1. The van der Waals surface area contributed by atoms with Crippen molar-refractivity contribution >= 4 is 11.3 Å². The molecule has 0 saturated heterocycles. The van der Waals surface area contributed by atoms with E-state index in [4.69, 9.17) is 6.42 Å². The summed E-state index contributed by atoms with van der Waals surface area (Å²) in [5.74, 6) is 0.391. The van der Waals surface area contributed by atoms with E-state index in [0.29, 0.717) is 5.01 Å². The molecule has 2 aromatic carbocycles. The predicted octanol–water partition coefficient (Wildman–Crippen LogP) is 4.35. The van der Waals surface area contributed by atoms with E-state index in [0.717, 1.165) is 29.0 Å². The summed E-state index contributed by atoms with van der Waals surface area (Å²) in [5, 5.41) is 18.2. The fourth-order valence-corrected chi connectivity index (χ4v) is 4.39. The lowest BCUT2D eigenvalue weighted by atomic mass is 9.82. The molecule has 0 radical (unpaired) electrons. The normalized spacial score (nSPS) is 14.0. The van der Waals surface area contributed by atoms with Crippen molar-refractivity contribution in [3.63, 3.8) is 0 Å². The van der Waals surface area contributed by atoms with Gasteiger partial charge in [-0.3, -0.25) is 0 Å². The summed E-state index contributed by atoms with van der Waals surface area (Å²) >= 11 is 1.35. The molecule has 31 heavy (non-hydrogen) atoms. The fraction of sp³-hybridized carbons (Fsp3) is 0.174. The van der Waals surface area contributed by atoms with Crippen LogP contribution in [0.25, 0.3) is 11.3 Å². The van der Waals surface area contributed by atoms with E-state index in [-0.39, 0.29) is 12.1 Å². The van der Waals surface area contributed by atoms with E-state index in [2.05, 4.69) is 21.0 Å². The van der Waals surface area contributed by atoms with Crippen LogP contribution in [0.3, 0.4) is 0 Å². The second kappa shape index (κ2) is 8.38. The van der Waals surface area contributed by atoms with Crippen molar-refractivity contribution in [3.05, 3.63) is 88.3 Å². The SMILES string of the molecule is C#Cc1ccc(-c2csc([C@H](C)[C@](O)(Cn3cncn3)c3ccc(F)cc3F)n2)cc1. The van der Waals surface area contributed by atoms with Gasteiger partial charge >= 0.3 is 0 Å². The Morgan fingerprint density at radius 3 is 2.65 bits per heavy atom. The van der Waals surface area contributed by atoms with Crippen LogP contribution < -0.4 is 0 Å². The highest BCUT2D eigenvalue weighted by molar-refractivity contribution is 7.10. The molecule has 8 heteroatoms. The standard InChI is InChI=1S/C23H18F2N4OS/c1-3-16-4-6-17(7-5-16)21-11-31-22(28-21)15(2)23(30,12-29-14-26-13-27-29)19-9-8-18(24)10-20(19)25/h1,4-11,13-15,30H,12H2,2H3/t15-,23+/m0/s1. The Labute approximate surface area is 182 Å². The second-order valence-corrected chi connectivity index (χ2v) is 8.05. The molecule has 0 aliphatic carbocycles. The molecule has 4 aromatic rings. The number of thiazole rings is 1. The molecule has 2 heterocycles. The summed E-state index contributed by atoms with van der Waals surface area (Å²) < 4.78 is 29.6. The molecular formula is C23H18F2N4OS. The zero-order valence-corrected chi connectivity index (χ0v) is 17.4. The highest BCUT2D eigenvalue weighted by atomic mass is 32.1. The summed E-state index contributed by atoms with van der Waals surface area (Å²) in [5.41, 5.74) is 0.585. The molecule has 2 aromatic heterocycles. The number of halogens is 2. The Kier molecular flexibility index (Phi) is 5.63. The van der Waals surface area contributed by atoms with Crippen molar-refractivity contribution in [2.45, 2.75) is 25.0 Å². The van der Waals surface area contributed by atoms with Crippen molar-refractivity contribution in [2.24, 2.45) is 0 Å². The molecule has 156 valence electrons. The van der Waals surface area contributed by atoms with Gasteiger partial charge in [-0.1, -0.05) is 31.0 Å². The molecule has 4 rings (SSSR count). The third kappa shape index (κ3) is 4.10. The average Bonchev–Trinajstić information content (AvgIpc) is 3.45. The Morgan fingerprint density at radius 2 is 2.00 bits per heavy atom. The Bertz CT molecular complexity index is 1230. The molecule has 2 atom stereocenters. The van der Waals surface area contributed by atoms with Gasteiger partial charge < -0.3 is 5.11 Å². The molecular weight excluding hydrogens is 418 g/mol. The lowest BCUT2D eigenvalue weighted by molar-refractivity contribution is -0.0112. The molecule has 0 unspecified atom stereocenters. The molecule has 0 fully saturated rings. The Hall–Kier alpha value is -3.41. The quantitative estimate of drug-likeness (QED) is 0.457. The maximum Gasteiger partial charge on any atom is 0.137 e. The van der Waals surface area contributed by atoms with E-state index in [1.807, 2.05) is 29.6 Å². The number of hydrogen-bond donors (Lipinski definition) is 1. The van der Waals surface area contributed by atoms with Crippen molar-refractivity contribution in [2.75, 3.05) is 0 Å². The van der Waals surface area contributed by atoms with Gasteiger partial charge in [0.1, 0.15) is 29.9 Å². The maximum atomic E-state index is 14.7. The Morgan fingerprint density at radius 1 is 1.23 bits per heavy atom. The topological polar surface area (TPSA) is 63.8 Å². The average molecular weight is 436 g/mol. The lowest BCUT2D eigenvalue weighted by Gasteiger charge is -2.33. The van der Waals surface area contributed by atoms with Crippen molar-refractivity contribution in [1.29, 1.82) is 0 Å². The van der Waals surface area contributed by atoms with E-state index < -0.39 is 23.2 Å². The number of aromatic nitrogens is 4. The smallest absolute Gasteiger partial charge is 0.137 e.